The summed E-state index contributed by atoms with van der Waals surface area (Å²) in [5.41, 5.74) is 8.01. The van der Waals surface area contributed by atoms with E-state index in [4.69, 9.17) is 20.1 Å². The summed E-state index contributed by atoms with van der Waals surface area (Å²) in [5.74, 6) is 0.524. The number of ether oxygens (including phenoxy) is 3. The number of rotatable bonds is 9. The maximum absolute atomic E-state index is 12.4. The standard InChI is InChI=1S/C15H13BrO4S.C14H11BrO4S.C4H10N2Si/c1-19-11-6-12-7(3-10(11)16)4-13(21-12)14(17)8-5-9(8)15(18)20-2;1-19-10-5-11-6(2-9(10)15)3-12(20-11)13(16)7-4-8(7)14(17)18;1-7(2,3)4-6-5/h3-4,6,8-9H,5H2,1-2H3;2-3,5,7-8H,4H2,1H3,(H,17,18);4H,1-3H3/t8-,9+;7-,8+;/m11./s1. The molecule has 0 bridgehead atoms. The lowest BCUT2D eigenvalue weighted by Crippen LogP contribution is -2.22. The lowest BCUT2D eigenvalue weighted by Gasteiger charge is -2.01. The van der Waals surface area contributed by atoms with Crippen LogP contribution in [0.5, 0.6) is 11.5 Å². The quantitative estimate of drug-likeness (QED) is 0.0441. The number of carboxylic acid groups (broad SMARTS) is 1. The first-order valence-electron chi connectivity index (χ1n) is 14.7. The first-order chi connectivity index (χ1) is 22.6. The van der Waals surface area contributed by atoms with E-state index in [1.807, 2.05) is 36.4 Å². The number of thiophene rings is 2. The predicted molar refractivity (Wildman–Crippen MR) is 197 cm³/mol. The number of Topliss-reactive ketones (excluding diaryl/α,β-unsaturated/α-hetero) is 2. The Labute approximate surface area is 303 Å². The van der Waals surface area contributed by atoms with Gasteiger partial charge in [0, 0.05) is 21.2 Å². The Morgan fingerprint density at radius 2 is 1.23 bits per heavy atom. The number of methoxy groups -OCH3 is 3. The van der Waals surface area contributed by atoms with Crippen molar-refractivity contribution in [2.75, 3.05) is 21.3 Å². The zero-order chi connectivity index (χ0) is 35.5. The Bertz CT molecular complexity index is 1950. The normalized spacial score (nSPS) is 19.1. The number of ketones is 2. The van der Waals surface area contributed by atoms with Gasteiger partial charge >= 0.3 is 11.9 Å². The van der Waals surface area contributed by atoms with Gasteiger partial charge in [-0.25, -0.2) is 0 Å². The minimum absolute atomic E-state index is 0.0293. The summed E-state index contributed by atoms with van der Waals surface area (Å²) < 4.78 is 18.8. The van der Waals surface area contributed by atoms with Crippen molar-refractivity contribution in [3.63, 3.8) is 0 Å². The molecule has 0 radical (unpaired) electrons. The van der Waals surface area contributed by atoms with Crippen LogP contribution in [0, 0.1) is 23.7 Å². The Morgan fingerprint density at radius 1 is 0.792 bits per heavy atom. The summed E-state index contributed by atoms with van der Waals surface area (Å²) in [5, 5.41) is 10.8. The van der Waals surface area contributed by atoms with Crippen LogP contribution in [0.2, 0.25) is 19.6 Å². The van der Waals surface area contributed by atoms with Crippen LogP contribution in [-0.2, 0) is 14.3 Å². The largest absolute Gasteiger partial charge is 0.496 e. The van der Waals surface area contributed by atoms with Gasteiger partial charge in [-0.05, 0) is 91.9 Å². The number of hydrogen-bond donors (Lipinski definition) is 1. The molecule has 254 valence electrons. The summed E-state index contributed by atoms with van der Waals surface area (Å²) in [7, 11) is 3.35. The third-order valence-electron chi connectivity index (χ3n) is 7.59. The zero-order valence-electron chi connectivity index (χ0n) is 27.0. The van der Waals surface area contributed by atoms with Gasteiger partial charge in [-0.2, -0.15) is 4.79 Å². The number of carboxylic acids is 1. The molecule has 2 heterocycles. The van der Waals surface area contributed by atoms with E-state index in [2.05, 4.69) is 61.0 Å². The average molecular weight is 839 g/mol. The molecule has 4 atom stereocenters. The number of halogens is 2. The van der Waals surface area contributed by atoms with E-state index < -0.39 is 20.0 Å². The SMILES string of the molecule is COC(=O)[C@H]1C[C@H]1C(=O)c1cc2cc(Br)c(OC)cc2s1.COc1cc2sc(C(=O)[C@@H]3C[C@@H]3C(=O)O)cc2cc1Br.C[Si](C)(C)C=[N+]=[N-]. The van der Waals surface area contributed by atoms with Crippen LogP contribution < -0.4 is 9.47 Å². The number of hydrogen-bond acceptors (Lipinski definition) is 9. The summed E-state index contributed by atoms with van der Waals surface area (Å²) in [4.78, 5) is 51.1. The van der Waals surface area contributed by atoms with E-state index in [1.165, 1.54) is 29.8 Å². The Kier molecular flexibility index (Phi) is 12.2. The van der Waals surface area contributed by atoms with Gasteiger partial charge in [-0.3, -0.25) is 19.2 Å². The van der Waals surface area contributed by atoms with Crippen LogP contribution in [-0.4, -0.2) is 68.6 Å². The highest BCUT2D eigenvalue weighted by molar-refractivity contribution is 9.11. The smallest absolute Gasteiger partial charge is 0.309 e. The van der Waals surface area contributed by atoms with Gasteiger partial charge in [-0.1, -0.05) is 19.6 Å². The minimum atomic E-state index is -1.20. The lowest BCUT2D eigenvalue weighted by atomic mass is 10.1. The summed E-state index contributed by atoms with van der Waals surface area (Å²) >= 11 is 9.66. The fourth-order valence-electron chi connectivity index (χ4n) is 4.83. The summed E-state index contributed by atoms with van der Waals surface area (Å²) in [6.45, 7) is 6.31. The topological polar surface area (TPSA) is 153 Å². The number of esters is 1. The third kappa shape index (κ3) is 9.07. The van der Waals surface area contributed by atoms with E-state index in [1.54, 1.807) is 20.1 Å². The molecule has 0 unspecified atom stereocenters. The van der Waals surface area contributed by atoms with Crippen LogP contribution in [0.1, 0.15) is 32.2 Å². The summed E-state index contributed by atoms with van der Waals surface area (Å²) in [6.07, 6.45) is 1.04. The maximum Gasteiger partial charge on any atom is 0.309 e. The molecule has 2 aliphatic rings. The second-order valence-corrected chi connectivity index (χ2v) is 21.2. The number of aliphatic carboxylic acids is 1. The first-order valence-corrected chi connectivity index (χ1v) is 21.5. The van der Waals surface area contributed by atoms with Crippen molar-refractivity contribution in [3.05, 3.63) is 60.6 Å². The summed E-state index contributed by atoms with van der Waals surface area (Å²) in [6, 6.07) is 11.3. The first kappa shape index (κ1) is 37.6. The van der Waals surface area contributed by atoms with Gasteiger partial charge in [-0.15, -0.1) is 22.7 Å². The van der Waals surface area contributed by atoms with Crippen molar-refractivity contribution in [1.82, 2.24) is 0 Å². The van der Waals surface area contributed by atoms with Crippen molar-refractivity contribution in [2.45, 2.75) is 32.5 Å². The van der Waals surface area contributed by atoms with Crippen LogP contribution in [0.15, 0.2) is 45.3 Å². The second kappa shape index (κ2) is 15.6. The molecule has 2 aromatic carbocycles. The van der Waals surface area contributed by atoms with Crippen molar-refractivity contribution in [3.8, 4) is 11.5 Å². The van der Waals surface area contributed by atoms with Crippen molar-refractivity contribution < 1.29 is 43.3 Å². The molecule has 4 aromatic rings. The number of nitrogens with zero attached hydrogens (tertiary/aromatic N) is 2. The molecule has 15 heteroatoms. The molecule has 2 saturated carbocycles. The monoisotopic (exact) mass is 836 g/mol. The molecule has 2 fully saturated rings. The molecule has 48 heavy (non-hydrogen) atoms. The van der Waals surface area contributed by atoms with Crippen molar-refractivity contribution in [1.29, 1.82) is 0 Å². The number of fused-ring (bicyclic) bond motifs is 2. The van der Waals surface area contributed by atoms with E-state index in [0.29, 0.717) is 28.3 Å². The fraction of sp³-hybridized carbons (Fsp3) is 0.364. The fourth-order valence-corrected chi connectivity index (χ4v) is 8.37. The average Bonchev–Trinajstić information content (AvgIpc) is 3.93. The minimum Gasteiger partial charge on any atom is -0.496 e. The van der Waals surface area contributed by atoms with E-state index >= 15 is 0 Å². The van der Waals surface area contributed by atoms with Gasteiger partial charge < -0.3 is 24.8 Å². The molecule has 6 rings (SSSR count). The second-order valence-electron chi connectivity index (χ2n) is 12.4. The van der Waals surface area contributed by atoms with Gasteiger partial charge in [0.25, 0.3) is 0 Å². The van der Waals surface area contributed by atoms with E-state index in [0.717, 1.165) is 34.9 Å². The highest BCUT2D eigenvalue weighted by atomic mass is 79.9. The van der Waals surface area contributed by atoms with Crippen LogP contribution in [0.4, 0.5) is 0 Å². The highest BCUT2D eigenvalue weighted by Gasteiger charge is 2.50. The Morgan fingerprint density at radius 3 is 1.56 bits per heavy atom. The number of carbonyl (C=O) groups excluding carboxylic acids is 3. The molecule has 10 nitrogen and oxygen atoms in total. The van der Waals surface area contributed by atoms with Crippen LogP contribution in [0.25, 0.3) is 25.7 Å². The molecule has 2 aromatic heterocycles. The predicted octanol–water partition coefficient (Wildman–Crippen LogP) is 8.40. The lowest BCUT2D eigenvalue weighted by molar-refractivity contribution is -0.142. The van der Waals surface area contributed by atoms with Gasteiger partial charge in [0.15, 0.2) is 19.6 Å². The number of carbonyl (C=O) groups is 4. The molecule has 0 aliphatic heterocycles. The molecule has 0 amide bonds. The molecule has 0 spiro atoms. The molecular formula is C33H34Br2N2O8S2Si. The van der Waals surface area contributed by atoms with E-state index in [-0.39, 0.29) is 35.3 Å². The zero-order valence-corrected chi connectivity index (χ0v) is 32.8. The molecule has 1 N–H and O–H groups in total. The molecular weight excluding hydrogens is 804 g/mol. The van der Waals surface area contributed by atoms with Gasteiger partial charge in [0.1, 0.15) is 11.5 Å². The van der Waals surface area contributed by atoms with Crippen molar-refractivity contribution >= 4 is 112 Å². The van der Waals surface area contributed by atoms with Crippen LogP contribution >= 0.6 is 54.5 Å². The Balaban J connectivity index is 0.000000182. The molecule has 0 saturated heterocycles. The van der Waals surface area contributed by atoms with Crippen LogP contribution in [0.3, 0.4) is 0 Å². The third-order valence-corrected chi connectivity index (χ3v) is 11.9. The maximum atomic E-state index is 12.4. The highest BCUT2D eigenvalue weighted by Crippen LogP contribution is 2.45. The van der Waals surface area contributed by atoms with Crippen molar-refractivity contribution in [2.24, 2.45) is 23.7 Å². The van der Waals surface area contributed by atoms with Gasteiger partial charge in [0.2, 0.25) is 5.84 Å². The van der Waals surface area contributed by atoms with E-state index in [9.17, 15) is 19.2 Å². The Hall–Kier alpha value is -3.20. The molecule has 2 aliphatic carbocycles. The van der Waals surface area contributed by atoms with Gasteiger partial charge in [0.05, 0.1) is 51.9 Å². The number of benzene rings is 2.